The van der Waals surface area contributed by atoms with Crippen LogP contribution in [0.4, 0.5) is 0 Å². The second kappa shape index (κ2) is 11.7. The number of fused-ring (bicyclic) bond motifs is 3. The Hall–Kier alpha value is -3.41. The first kappa shape index (κ1) is 27.4. The average molecular weight is 566 g/mol. The third kappa shape index (κ3) is 5.07. The lowest BCUT2D eigenvalue weighted by molar-refractivity contribution is 0.0583. The van der Waals surface area contributed by atoms with Gasteiger partial charge in [-0.1, -0.05) is 42.5 Å². The van der Waals surface area contributed by atoms with Gasteiger partial charge in [0.05, 0.1) is 24.2 Å². The third-order valence-electron chi connectivity index (χ3n) is 10.7. The summed E-state index contributed by atoms with van der Waals surface area (Å²) < 4.78 is 8.11. The molecule has 0 N–H and O–H groups in total. The van der Waals surface area contributed by atoms with Crippen molar-refractivity contribution in [2.24, 2.45) is 5.10 Å². The van der Waals surface area contributed by atoms with E-state index in [-0.39, 0.29) is 5.41 Å². The number of likely N-dealkylation sites (tertiary alicyclic amines) is 1. The second-order valence-electron chi connectivity index (χ2n) is 12.7. The number of aromatic nitrogens is 2. The van der Waals surface area contributed by atoms with Gasteiger partial charge in [-0.15, -0.1) is 4.95 Å². The molecule has 4 aliphatic rings. The van der Waals surface area contributed by atoms with Gasteiger partial charge in [0.1, 0.15) is 10.9 Å². The normalized spacial score (nSPS) is 26.5. The Balaban J connectivity index is 1.06. The molecule has 8 heteroatoms. The first-order valence-electron chi connectivity index (χ1n) is 15.9. The number of guanidine groups is 1. The summed E-state index contributed by atoms with van der Waals surface area (Å²) in [5.74, 6) is 2.00. The molecule has 5 heterocycles. The number of nitrogens with zero attached hydrogens (tertiary/aromatic N) is 7. The minimum atomic E-state index is 0.152. The van der Waals surface area contributed by atoms with Crippen LogP contribution in [0.25, 0.3) is 16.0 Å². The molecule has 3 aromatic rings. The summed E-state index contributed by atoms with van der Waals surface area (Å²) in [4.78, 5) is 15.8. The maximum atomic E-state index is 7.46. The summed E-state index contributed by atoms with van der Waals surface area (Å²) in [5, 5.41) is 4.28. The van der Waals surface area contributed by atoms with Crippen molar-refractivity contribution in [1.29, 1.82) is 0 Å². The molecule has 2 aromatic carbocycles. The minimum absolute atomic E-state index is 0.152. The zero-order valence-electron chi connectivity index (χ0n) is 24.9. The highest BCUT2D eigenvalue weighted by atomic mass is 16.5. The van der Waals surface area contributed by atoms with E-state index in [0.717, 1.165) is 62.9 Å². The smallest absolute Gasteiger partial charge is 0.283 e. The molecule has 0 amide bonds. The molecule has 8 nitrogen and oxygen atoms in total. The quantitative estimate of drug-likeness (QED) is 0.178. The molecular formula is C34H43N7O. The van der Waals surface area contributed by atoms with E-state index in [4.69, 9.17) is 16.3 Å². The highest BCUT2D eigenvalue weighted by Gasteiger charge is 2.44. The molecule has 42 heavy (non-hydrogen) atoms. The van der Waals surface area contributed by atoms with Crippen LogP contribution in [-0.4, -0.2) is 88.2 Å². The van der Waals surface area contributed by atoms with Gasteiger partial charge in [0.2, 0.25) is 0 Å². The van der Waals surface area contributed by atoms with E-state index in [9.17, 15) is 0 Å². The lowest BCUT2D eigenvalue weighted by atomic mass is 9.70. The summed E-state index contributed by atoms with van der Waals surface area (Å²) in [5.41, 5.74) is 4.04. The van der Waals surface area contributed by atoms with Crippen molar-refractivity contribution in [2.75, 3.05) is 45.9 Å². The number of hydrogen-bond acceptors (Lipinski definition) is 4. The van der Waals surface area contributed by atoms with Crippen molar-refractivity contribution in [3.8, 4) is 0 Å². The van der Waals surface area contributed by atoms with E-state index >= 15 is 0 Å². The average Bonchev–Trinajstić information content (AvgIpc) is 3.50. The van der Waals surface area contributed by atoms with Crippen LogP contribution < -0.4 is 0 Å². The molecule has 2 bridgehead atoms. The van der Waals surface area contributed by atoms with Crippen LogP contribution in [0.5, 0.6) is 0 Å². The van der Waals surface area contributed by atoms with Crippen LogP contribution in [0, 0.1) is 13.5 Å². The number of para-hydroxylation sites is 2. The van der Waals surface area contributed by atoms with Crippen LogP contribution in [0.1, 0.15) is 62.4 Å². The SMILES string of the molecule is [C-]#[N+]N=C(N1CCOCC1)N1CCC(CCN2[C@@H]3CC[C@H]2CC(n2c(C)nc4ccccc42)C3)(c2ccccc2)CC1. The molecule has 1 unspecified atom stereocenters. The molecule has 0 saturated carbocycles. The van der Waals surface area contributed by atoms with Crippen molar-refractivity contribution >= 4 is 17.0 Å². The zero-order chi connectivity index (χ0) is 28.5. The van der Waals surface area contributed by atoms with Gasteiger partial charge < -0.3 is 19.1 Å². The Kier molecular flexibility index (Phi) is 7.64. The summed E-state index contributed by atoms with van der Waals surface area (Å²) in [7, 11) is 0. The van der Waals surface area contributed by atoms with Gasteiger partial charge >= 0.3 is 0 Å². The molecule has 0 spiro atoms. The van der Waals surface area contributed by atoms with Crippen molar-refractivity contribution in [3.05, 3.63) is 77.5 Å². The van der Waals surface area contributed by atoms with E-state index in [1.165, 1.54) is 43.2 Å². The third-order valence-corrected chi connectivity index (χ3v) is 10.7. The lowest BCUT2D eigenvalue weighted by Crippen LogP contribution is -2.54. The van der Waals surface area contributed by atoms with Gasteiger partial charge in [-0.25, -0.2) is 4.98 Å². The largest absolute Gasteiger partial charge is 0.378 e. The van der Waals surface area contributed by atoms with Gasteiger partial charge in [0.15, 0.2) is 0 Å². The number of hydrogen-bond donors (Lipinski definition) is 0. The molecule has 0 aliphatic carbocycles. The van der Waals surface area contributed by atoms with E-state index in [0.29, 0.717) is 31.3 Å². The van der Waals surface area contributed by atoms with E-state index in [1.807, 2.05) is 0 Å². The Labute approximate surface area is 249 Å². The Morgan fingerprint density at radius 1 is 0.929 bits per heavy atom. The van der Waals surface area contributed by atoms with Crippen molar-refractivity contribution in [1.82, 2.24) is 24.3 Å². The number of benzene rings is 2. The number of ether oxygens (including phenoxy) is 1. The maximum absolute atomic E-state index is 7.46. The van der Waals surface area contributed by atoms with Gasteiger partial charge in [-0.2, -0.15) is 6.57 Å². The molecule has 4 fully saturated rings. The summed E-state index contributed by atoms with van der Waals surface area (Å²) in [6.45, 7) is 15.7. The summed E-state index contributed by atoms with van der Waals surface area (Å²) >= 11 is 0. The first-order chi connectivity index (χ1) is 20.6. The monoisotopic (exact) mass is 565 g/mol. The molecule has 220 valence electrons. The zero-order valence-corrected chi connectivity index (χ0v) is 24.9. The number of rotatable bonds is 5. The number of aryl methyl sites for hydroxylation is 1. The summed E-state index contributed by atoms with van der Waals surface area (Å²) in [6, 6.07) is 21.7. The molecule has 4 saturated heterocycles. The molecule has 1 aromatic heterocycles. The van der Waals surface area contributed by atoms with E-state index in [1.54, 1.807) is 0 Å². The standard InChI is InChI=1S/C34H43N7O/c1-26-36-31-10-6-7-11-32(31)41(26)30-24-28-12-13-29(25-30)40(28)19-16-34(27-8-4-3-5-9-27)14-17-38(18-15-34)33(37-35-2)39-20-22-42-23-21-39/h3-11,28-30H,12-25H2,1H3/t28-,29+,30?. The topological polar surface area (TPSA) is 53.5 Å². The van der Waals surface area contributed by atoms with Crippen LogP contribution >= 0.6 is 0 Å². The molecular weight excluding hydrogens is 522 g/mol. The van der Waals surface area contributed by atoms with Crippen molar-refractivity contribution in [2.45, 2.75) is 75.4 Å². The first-order valence-corrected chi connectivity index (χ1v) is 15.9. The second-order valence-corrected chi connectivity index (χ2v) is 12.7. The Morgan fingerprint density at radius 3 is 2.31 bits per heavy atom. The van der Waals surface area contributed by atoms with Crippen molar-refractivity contribution < 1.29 is 4.74 Å². The van der Waals surface area contributed by atoms with Crippen LogP contribution in [0.3, 0.4) is 0 Å². The fourth-order valence-electron chi connectivity index (χ4n) is 8.53. The molecule has 3 atom stereocenters. The lowest BCUT2D eigenvalue weighted by Gasteiger charge is -2.46. The molecule has 0 radical (unpaired) electrons. The van der Waals surface area contributed by atoms with Crippen LogP contribution in [-0.2, 0) is 10.2 Å². The van der Waals surface area contributed by atoms with E-state index in [2.05, 4.69) is 90.8 Å². The predicted octanol–water partition coefficient (Wildman–Crippen LogP) is 5.46. The highest BCUT2D eigenvalue weighted by molar-refractivity contribution is 5.81. The summed E-state index contributed by atoms with van der Waals surface area (Å²) in [6.07, 6.45) is 8.43. The van der Waals surface area contributed by atoms with Gasteiger partial charge in [0, 0.05) is 44.3 Å². The van der Waals surface area contributed by atoms with Gasteiger partial charge in [-0.05, 0) is 81.5 Å². The number of imidazole rings is 1. The Morgan fingerprint density at radius 2 is 1.60 bits per heavy atom. The highest BCUT2D eigenvalue weighted by Crippen LogP contribution is 2.45. The Bertz CT molecular complexity index is 1430. The van der Waals surface area contributed by atoms with Gasteiger partial charge in [-0.3, -0.25) is 4.90 Å². The predicted molar refractivity (Wildman–Crippen MR) is 166 cm³/mol. The van der Waals surface area contributed by atoms with E-state index < -0.39 is 0 Å². The fourth-order valence-corrected chi connectivity index (χ4v) is 8.53. The van der Waals surface area contributed by atoms with Crippen LogP contribution in [0.2, 0.25) is 0 Å². The van der Waals surface area contributed by atoms with Crippen molar-refractivity contribution in [3.63, 3.8) is 0 Å². The molecule has 4 aliphatic heterocycles. The maximum Gasteiger partial charge on any atom is 0.283 e. The van der Waals surface area contributed by atoms with Gasteiger partial charge in [0.25, 0.3) is 5.96 Å². The molecule has 7 rings (SSSR count). The number of morpholine rings is 1. The fraction of sp³-hybridized carbons (Fsp3) is 0.559. The number of piperidine rings is 2. The van der Waals surface area contributed by atoms with Crippen LogP contribution in [0.15, 0.2) is 59.7 Å². The minimum Gasteiger partial charge on any atom is -0.378 e.